The van der Waals surface area contributed by atoms with E-state index < -0.39 is 140 Å². The van der Waals surface area contributed by atoms with Gasteiger partial charge in [-0.15, -0.1) is 0 Å². The third-order valence-corrected chi connectivity index (χ3v) is 10.4. The summed E-state index contributed by atoms with van der Waals surface area (Å²) in [6, 6.07) is 0. The fourth-order valence-corrected chi connectivity index (χ4v) is 5.89. The summed E-state index contributed by atoms with van der Waals surface area (Å²) in [6.07, 6.45) is -18.5. The average molecular weight is 1040 g/mol. The second-order valence-corrected chi connectivity index (χ2v) is 16.6. The van der Waals surface area contributed by atoms with Crippen molar-refractivity contribution < 1.29 is 130 Å². The molecule has 0 aromatic carbocycles. The van der Waals surface area contributed by atoms with Gasteiger partial charge in [0.2, 0.25) is 0 Å². The van der Waals surface area contributed by atoms with E-state index in [1.807, 2.05) is 0 Å². The third kappa shape index (κ3) is 14.1. The van der Waals surface area contributed by atoms with Crippen LogP contribution in [-0.2, 0) is 63.1 Å². The smallest absolute Gasteiger partial charge is 0.466 e. The average Bonchev–Trinajstić information content (AvgIpc) is 3.18. The van der Waals surface area contributed by atoms with E-state index in [0.717, 1.165) is 13.8 Å². The maximum atomic E-state index is 13.9. The molecule has 0 spiro atoms. The number of esters is 2. The summed E-state index contributed by atoms with van der Waals surface area (Å²) in [7, 11) is -13.6. The van der Waals surface area contributed by atoms with E-state index in [1.165, 1.54) is 0 Å². The molecule has 0 aromatic heterocycles. The van der Waals surface area contributed by atoms with Crippen molar-refractivity contribution in [1.82, 2.24) is 15.1 Å². The fourth-order valence-electron chi connectivity index (χ4n) is 4.95. The summed E-state index contributed by atoms with van der Waals surface area (Å²) < 4.78 is 275. The van der Waals surface area contributed by atoms with Crippen LogP contribution in [0, 0.1) is 0 Å². The van der Waals surface area contributed by atoms with Gasteiger partial charge in [-0.3, -0.25) is 9.59 Å². The van der Waals surface area contributed by atoms with Crippen LogP contribution in [0.2, 0.25) is 0 Å². The Morgan fingerprint density at radius 3 is 1.17 bits per heavy atom. The Hall–Kier alpha value is -3.96. The van der Waals surface area contributed by atoms with Crippen LogP contribution >= 0.6 is 0 Å². The monoisotopic (exact) mass is 1040 g/mol. The summed E-state index contributed by atoms with van der Waals surface area (Å²) >= 11 is 0. The van der Waals surface area contributed by atoms with E-state index >= 15 is 0 Å². The van der Waals surface area contributed by atoms with Crippen LogP contribution in [0.4, 0.5) is 61.5 Å². The molecule has 2 atom stereocenters. The first-order chi connectivity index (χ1) is 29.6. The molecular formula is C32H39F14N3O15S2-2. The topological polar surface area (TPSA) is 247 Å². The van der Waals surface area contributed by atoms with Gasteiger partial charge in [0.25, 0.3) is 0 Å². The van der Waals surface area contributed by atoms with Gasteiger partial charge < -0.3 is 47.9 Å². The number of alkyl halides is 14. The van der Waals surface area contributed by atoms with Crippen LogP contribution in [0.5, 0.6) is 0 Å². The van der Waals surface area contributed by atoms with E-state index in [4.69, 9.17) is 4.74 Å². The number of ether oxygens (including phenoxy) is 5. The second-order valence-electron chi connectivity index (χ2n) is 13.8. The second kappa shape index (κ2) is 22.0. The van der Waals surface area contributed by atoms with Gasteiger partial charge in [-0.05, 0) is 26.7 Å². The van der Waals surface area contributed by atoms with E-state index in [2.05, 4.69) is 37.4 Å². The van der Waals surface area contributed by atoms with Crippen LogP contribution in [0.15, 0.2) is 24.3 Å². The number of morpholine rings is 1. The molecule has 384 valence electrons. The Morgan fingerprint density at radius 2 is 0.894 bits per heavy atom. The van der Waals surface area contributed by atoms with E-state index in [1.54, 1.807) is 0 Å². The Bertz CT molecular complexity index is 1850. The summed E-state index contributed by atoms with van der Waals surface area (Å²) in [5.41, 5.74) is -1.17. The lowest BCUT2D eigenvalue weighted by molar-refractivity contribution is -0.351. The lowest BCUT2D eigenvalue weighted by atomic mass is 10.1. The molecule has 0 aromatic rings. The van der Waals surface area contributed by atoms with Crippen molar-refractivity contribution in [1.29, 1.82) is 0 Å². The Kier molecular flexibility index (Phi) is 20.0. The van der Waals surface area contributed by atoms with Gasteiger partial charge in [0.15, 0.2) is 20.2 Å². The minimum atomic E-state index is -6.81. The first kappa shape index (κ1) is 60.1. The molecule has 2 unspecified atom stereocenters. The molecule has 2 aliphatic rings. The molecule has 2 heterocycles. The number of halogens is 14. The van der Waals surface area contributed by atoms with Crippen molar-refractivity contribution in [2.45, 2.75) is 85.8 Å². The first-order valence-electron chi connectivity index (χ1n) is 18.1. The largest absolute Gasteiger partial charge is 0.743 e. The van der Waals surface area contributed by atoms with E-state index in [-0.39, 0.29) is 52.5 Å². The maximum absolute atomic E-state index is 13.9. The highest BCUT2D eigenvalue weighted by atomic mass is 32.2. The lowest BCUT2D eigenvalue weighted by Crippen LogP contribution is -2.64. The molecule has 66 heavy (non-hydrogen) atoms. The van der Waals surface area contributed by atoms with E-state index in [0.29, 0.717) is 9.80 Å². The Balaban J connectivity index is 0.000000660. The number of nitrogens with one attached hydrogen (secondary N) is 1. The molecule has 2 aliphatic heterocycles. The normalized spacial score (nSPS) is 17.9. The zero-order valence-electron chi connectivity index (χ0n) is 33.9. The molecule has 0 radical (unpaired) electrons. The minimum absolute atomic E-state index is 0.0685. The summed E-state index contributed by atoms with van der Waals surface area (Å²) in [5, 5.41) is -9.36. The number of carbonyl (C=O) groups is 4. The SMILES string of the molecule is C=C(C)C(=O)OC(OCCCC(F)(F)C(F)(F)S(=O)(=O)[O-])(C(=O)N1CCNCC1)C(F)(F)F.C=C(C)C(=O)OC(OCCCC(F)(F)C(F)(F)S(=O)(=O)[O-])(C(=O)N1CCOCC1)C(F)(F)F. The summed E-state index contributed by atoms with van der Waals surface area (Å²) in [5.74, 6) is -26.9. The molecule has 0 bridgehead atoms. The van der Waals surface area contributed by atoms with Gasteiger partial charge in [-0.2, -0.15) is 61.5 Å². The van der Waals surface area contributed by atoms with Gasteiger partial charge in [0, 0.05) is 63.3 Å². The minimum Gasteiger partial charge on any atom is -0.743 e. The Labute approximate surface area is 365 Å². The van der Waals surface area contributed by atoms with Crippen LogP contribution in [0.25, 0.3) is 0 Å². The zero-order chi connectivity index (χ0) is 51.8. The molecule has 0 aliphatic carbocycles. The standard InChI is InChI=1S/C16H21F7N2O7S.C16H20F7NO8S/c1-10(2)11(26)32-14(15(19,20)21,12(27)25-7-5-24-6-8-25)31-9-3-4-13(17,18)16(22,23)33(28,29)30;1-10(2)11(25)32-14(15(19,20)21,12(26)24-5-8-30-9-6-24)31-7-3-4-13(17,18)16(22,23)33(27,28)29/h24H,1,3-9H2,2H3,(H,28,29,30);1,3-9H2,2H3,(H,27,28,29)/p-2. The summed E-state index contributed by atoms with van der Waals surface area (Å²) in [4.78, 5) is 50.1. The van der Waals surface area contributed by atoms with Crippen LogP contribution < -0.4 is 5.32 Å². The van der Waals surface area contributed by atoms with Crippen molar-refractivity contribution in [3.63, 3.8) is 0 Å². The lowest BCUT2D eigenvalue weighted by Gasteiger charge is -2.38. The highest BCUT2D eigenvalue weighted by molar-refractivity contribution is 7.87. The van der Waals surface area contributed by atoms with Crippen molar-refractivity contribution in [3.8, 4) is 0 Å². The molecule has 2 fully saturated rings. The number of nitrogens with zero attached hydrogens (tertiary/aromatic N) is 2. The number of amides is 2. The highest BCUT2D eigenvalue weighted by Gasteiger charge is 2.69. The molecule has 2 rings (SSSR count). The van der Waals surface area contributed by atoms with Crippen LogP contribution in [-0.4, -0.2) is 171 Å². The highest BCUT2D eigenvalue weighted by Crippen LogP contribution is 2.44. The summed E-state index contributed by atoms with van der Waals surface area (Å²) in [6.45, 7) is 3.47. The van der Waals surface area contributed by atoms with Gasteiger partial charge in [0.1, 0.15) is 0 Å². The zero-order valence-corrected chi connectivity index (χ0v) is 35.6. The van der Waals surface area contributed by atoms with Crippen LogP contribution in [0.1, 0.15) is 39.5 Å². The molecule has 2 amide bonds. The number of carbonyl (C=O) groups excluding carboxylic acids is 4. The van der Waals surface area contributed by atoms with Crippen molar-refractivity contribution in [2.75, 3.05) is 65.7 Å². The number of rotatable bonds is 20. The number of piperazine rings is 1. The predicted octanol–water partition coefficient (Wildman–Crippen LogP) is 3.16. The van der Waals surface area contributed by atoms with Crippen molar-refractivity contribution in [3.05, 3.63) is 24.3 Å². The number of hydrogen-bond acceptors (Lipinski definition) is 16. The van der Waals surface area contributed by atoms with Crippen molar-refractivity contribution >= 4 is 44.0 Å². The molecule has 2 saturated heterocycles. The Morgan fingerprint density at radius 1 is 0.591 bits per heavy atom. The van der Waals surface area contributed by atoms with E-state index in [9.17, 15) is 107 Å². The molecule has 0 saturated carbocycles. The number of hydrogen-bond donors (Lipinski definition) is 1. The van der Waals surface area contributed by atoms with Crippen molar-refractivity contribution in [2.24, 2.45) is 0 Å². The fraction of sp³-hybridized carbons (Fsp3) is 0.750. The molecule has 1 N–H and O–H groups in total. The van der Waals surface area contributed by atoms with Gasteiger partial charge in [0.05, 0.1) is 26.4 Å². The van der Waals surface area contributed by atoms with Gasteiger partial charge >= 0.3 is 70.0 Å². The molecular weight excluding hydrogens is 996 g/mol. The van der Waals surface area contributed by atoms with Gasteiger partial charge in [-0.25, -0.2) is 26.4 Å². The molecule has 18 nitrogen and oxygen atoms in total. The third-order valence-electron chi connectivity index (χ3n) is 8.54. The van der Waals surface area contributed by atoms with Crippen LogP contribution in [0.3, 0.4) is 0 Å². The molecule has 34 heteroatoms. The predicted molar refractivity (Wildman–Crippen MR) is 186 cm³/mol. The quantitative estimate of drug-likeness (QED) is 0.0460. The maximum Gasteiger partial charge on any atom is 0.466 e. The first-order valence-corrected chi connectivity index (χ1v) is 20.9. The van der Waals surface area contributed by atoms with Gasteiger partial charge in [-0.1, -0.05) is 13.2 Å².